The van der Waals surface area contributed by atoms with Crippen LogP contribution in [0.15, 0.2) is 27.6 Å². The normalized spacial score (nSPS) is 23.8. The van der Waals surface area contributed by atoms with Gasteiger partial charge < -0.3 is 14.1 Å². The quantitative estimate of drug-likeness (QED) is 0.833. The zero-order valence-electron chi connectivity index (χ0n) is 14.4. The summed E-state index contributed by atoms with van der Waals surface area (Å²) in [6.07, 6.45) is 3.44. The summed E-state index contributed by atoms with van der Waals surface area (Å²) >= 11 is 0. The average molecular weight is 346 g/mol. The van der Waals surface area contributed by atoms with E-state index in [-0.39, 0.29) is 36.4 Å². The number of carbonyl (C=O) groups is 1. The third kappa shape index (κ3) is 3.13. The van der Waals surface area contributed by atoms with Crippen LogP contribution in [0.25, 0.3) is 11.6 Å². The highest BCUT2D eigenvalue weighted by molar-refractivity contribution is 5.76. The van der Waals surface area contributed by atoms with Crippen molar-refractivity contribution in [2.75, 3.05) is 13.1 Å². The zero-order valence-corrected chi connectivity index (χ0v) is 14.4. The fraction of sp³-hybridized carbons (Fsp3) is 0.588. The molecular formula is C17H22N4O4. The van der Waals surface area contributed by atoms with Crippen molar-refractivity contribution in [2.24, 2.45) is 0 Å². The summed E-state index contributed by atoms with van der Waals surface area (Å²) in [7, 11) is 0. The predicted octanol–water partition coefficient (Wildman–Crippen LogP) is 1.28. The third-order valence-corrected chi connectivity index (χ3v) is 4.58. The van der Waals surface area contributed by atoms with Gasteiger partial charge in [-0.15, -0.1) is 5.10 Å². The molecular weight excluding hydrogens is 324 g/mol. The first-order chi connectivity index (χ1) is 12.0. The molecule has 1 saturated carbocycles. The first-order valence-electron chi connectivity index (χ1n) is 8.69. The molecule has 1 saturated heterocycles. The van der Waals surface area contributed by atoms with E-state index in [4.69, 9.17) is 9.15 Å². The molecule has 134 valence electrons. The molecule has 2 unspecified atom stereocenters. The minimum absolute atomic E-state index is 0.00729. The summed E-state index contributed by atoms with van der Waals surface area (Å²) in [5.41, 5.74) is -0.253. The van der Waals surface area contributed by atoms with Crippen LogP contribution in [0, 0.1) is 0 Å². The summed E-state index contributed by atoms with van der Waals surface area (Å²) in [4.78, 5) is 27.1. The lowest BCUT2D eigenvalue weighted by atomic mass is 10.2. The maximum absolute atomic E-state index is 12.7. The van der Waals surface area contributed by atoms with E-state index >= 15 is 0 Å². The van der Waals surface area contributed by atoms with Gasteiger partial charge in [0.25, 0.3) is 0 Å². The first-order valence-corrected chi connectivity index (χ1v) is 8.69. The number of amides is 1. The Morgan fingerprint density at radius 3 is 2.60 bits per heavy atom. The molecule has 0 spiro atoms. The van der Waals surface area contributed by atoms with E-state index in [0.717, 1.165) is 12.8 Å². The van der Waals surface area contributed by atoms with E-state index in [1.165, 1.54) is 4.68 Å². The highest BCUT2D eigenvalue weighted by Crippen LogP contribution is 2.36. The number of ether oxygens (including phenoxy) is 1. The molecule has 0 bridgehead atoms. The molecule has 0 aromatic carbocycles. The van der Waals surface area contributed by atoms with Gasteiger partial charge in [0.15, 0.2) is 5.76 Å². The van der Waals surface area contributed by atoms with Gasteiger partial charge in [-0.2, -0.15) is 0 Å². The van der Waals surface area contributed by atoms with Gasteiger partial charge in [0.1, 0.15) is 6.54 Å². The second-order valence-corrected chi connectivity index (χ2v) is 6.90. The van der Waals surface area contributed by atoms with E-state index in [9.17, 15) is 9.59 Å². The second-order valence-electron chi connectivity index (χ2n) is 6.90. The van der Waals surface area contributed by atoms with Crippen molar-refractivity contribution >= 4 is 5.91 Å². The van der Waals surface area contributed by atoms with Gasteiger partial charge in [0, 0.05) is 19.1 Å². The van der Waals surface area contributed by atoms with E-state index < -0.39 is 0 Å². The number of nitrogens with zero attached hydrogens (tertiary/aromatic N) is 4. The standard InChI is InChI=1S/C17H22N4O4/c1-11-8-19(9-12(2)25-11)15(22)10-20-17(23)21(13-5-6-13)16(18-20)14-4-3-7-24-14/h3-4,7,11-13H,5-6,8-10H2,1-2H3. The topological polar surface area (TPSA) is 82.5 Å². The summed E-state index contributed by atoms with van der Waals surface area (Å²) in [6, 6.07) is 3.69. The molecule has 2 aromatic rings. The van der Waals surface area contributed by atoms with Crippen molar-refractivity contribution < 1.29 is 13.9 Å². The number of hydrogen-bond acceptors (Lipinski definition) is 5. The molecule has 8 nitrogen and oxygen atoms in total. The van der Waals surface area contributed by atoms with Crippen molar-refractivity contribution in [3.63, 3.8) is 0 Å². The molecule has 2 atom stereocenters. The molecule has 1 amide bonds. The third-order valence-electron chi connectivity index (χ3n) is 4.58. The Labute approximate surface area is 145 Å². The van der Waals surface area contributed by atoms with E-state index in [0.29, 0.717) is 24.7 Å². The Kier molecular flexibility index (Phi) is 3.99. The van der Waals surface area contributed by atoms with Gasteiger partial charge in [0.2, 0.25) is 11.7 Å². The molecule has 2 aliphatic rings. The number of morpholine rings is 1. The van der Waals surface area contributed by atoms with Gasteiger partial charge in [-0.1, -0.05) is 0 Å². The Balaban J connectivity index is 1.59. The smallest absolute Gasteiger partial charge is 0.347 e. The van der Waals surface area contributed by atoms with Crippen LogP contribution in [0.3, 0.4) is 0 Å². The van der Waals surface area contributed by atoms with Crippen molar-refractivity contribution in [1.29, 1.82) is 0 Å². The van der Waals surface area contributed by atoms with Gasteiger partial charge in [-0.25, -0.2) is 9.48 Å². The van der Waals surface area contributed by atoms with Gasteiger partial charge >= 0.3 is 5.69 Å². The molecule has 25 heavy (non-hydrogen) atoms. The Bertz CT molecular complexity index is 808. The number of hydrogen-bond donors (Lipinski definition) is 0. The van der Waals surface area contributed by atoms with Crippen LogP contribution in [0.2, 0.25) is 0 Å². The molecule has 3 heterocycles. The van der Waals surface area contributed by atoms with Crippen molar-refractivity contribution in [3.05, 3.63) is 28.9 Å². The molecule has 4 rings (SSSR count). The van der Waals surface area contributed by atoms with Crippen LogP contribution in [0.4, 0.5) is 0 Å². The average Bonchev–Trinajstić information content (AvgIpc) is 3.14. The maximum Gasteiger partial charge on any atom is 0.347 e. The minimum Gasteiger partial charge on any atom is -0.461 e. The lowest BCUT2D eigenvalue weighted by Crippen LogP contribution is -2.49. The van der Waals surface area contributed by atoms with Crippen molar-refractivity contribution in [2.45, 2.75) is 51.5 Å². The molecule has 1 aliphatic heterocycles. The molecule has 8 heteroatoms. The second kappa shape index (κ2) is 6.18. The van der Waals surface area contributed by atoms with E-state index in [1.807, 2.05) is 13.8 Å². The summed E-state index contributed by atoms with van der Waals surface area (Å²) < 4.78 is 14.0. The summed E-state index contributed by atoms with van der Waals surface area (Å²) in [5, 5.41) is 4.38. The highest BCUT2D eigenvalue weighted by Gasteiger charge is 2.32. The van der Waals surface area contributed by atoms with Crippen LogP contribution in [0.1, 0.15) is 32.7 Å². The summed E-state index contributed by atoms with van der Waals surface area (Å²) in [6.45, 7) is 4.89. The van der Waals surface area contributed by atoms with Crippen molar-refractivity contribution in [1.82, 2.24) is 19.2 Å². The van der Waals surface area contributed by atoms with E-state index in [2.05, 4.69) is 5.10 Å². The Morgan fingerprint density at radius 1 is 1.28 bits per heavy atom. The van der Waals surface area contributed by atoms with Gasteiger partial charge in [-0.3, -0.25) is 9.36 Å². The maximum atomic E-state index is 12.7. The SMILES string of the molecule is CC1CN(C(=O)Cn2nc(-c3ccco3)n(C3CC3)c2=O)CC(C)O1. The number of carbonyl (C=O) groups excluding carboxylic acids is 1. The fourth-order valence-corrected chi connectivity index (χ4v) is 3.37. The minimum atomic E-state index is -0.253. The monoisotopic (exact) mass is 346 g/mol. The molecule has 0 radical (unpaired) electrons. The van der Waals surface area contributed by atoms with Crippen LogP contribution in [0.5, 0.6) is 0 Å². The zero-order chi connectivity index (χ0) is 17.6. The Hall–Kier alpha value is -2.35. The number of aromatic nitrogens is 3. The summed E-state index contributed by atoms with van der Waals surface area (Å²) in [5.74, 6) is 0.924. The molecule has 0 N–H and O–H groups in total. The highest BCUT2D eigenvalue weighted by atomic mass is 16.5. The van der Waals surface area contributed by atoms with Crippen LogP contribution < -0.4 is 5.69 Å². The molecule has 1 aliphatic carbocycles. The predicted molar refractivity (Wildman–Crippen MR) is 89.0 cm³/mol. The lowest BCUT2D eigenvalue weighted by Gasteiger charge is -2.35. The number of furan rings is 1. The van der Waals surface area contributed by atoms with Crippen LogP contribution in [-0.2, 0) is 16.1 Å². The largest absolute Gasteiger partial charge is 0.461 e. The van der Waals surface area contributed by atoms with Crippen LogP contribution >= 0.6 is 0 Å². The van der Waals surface area contributed by atoms with Gasteiger partial charge in [-0.05, 0) is 38.8 Å². The van der Waals surface area contributed by atoms with Gasteiger partial charge in [0.05, 0.1) is 18.5 Å². The van der Waals surface area contributed by atoms with Crippen molar-refractivity contribution in [3.8, 4) is 11.6 Å². The lowest BCUT2D eigenvalue weighted by molar-refractivity contribution is -0.144. The van der Waals surface area contributed by atoms with Crippen LogP contribution in [-0.4, -0.2) is 50.5 Å². The van der Waals surface area contributed by atoms with E-state index in [1.54, 1.807) is 27.9 Å². The first kappa shape index (κ1) is 16.1. The Morgan fingerprint density at radius 2 is 2.00 bits per heavy atom. The number of rotatable bonds is 4. The fourth-order valence-electron chi connectivity index (χ4n) is 3.37. The molecule has 2 aromatic heterocycles. The molecule has 2 fully saturated rings.